The molecule has 1 aromatic heterocycles. The van der Waals surface area contributed by atoms with Gasteiger partial charge >= 0.3 is 6.36 Å². The second-order valence-electron chi connectivity index (χ2n) is 4.55. The average molecular weight is 362 g/mol. The fourth-order valence-electron chi connectivity index (χ4n) is 1.72. The van der Waals surface area contributed by atoms with Crippen LogP contribution in [0.1, 0.15) is 0 Å². The largest absolute Gasteiger partial charge is 0.573 e. The Hall–Kier alpha value is -2.40. The number of likely N-dealkylation sites (N-methyl/N-ethyl adjacent to an activating group) is 1. The molecule has 0 saturated carbocycles. The Kier molecular flexibility index (Phi) is 5.57. The zero-order chi connectivity index (χ0) is 17.7. The summed E-state index contributed by atoms with van der Waals surface area (Å²) in [4.78, 5) is 27.0. The Bertz CT molecular complexity index is 748. The molecule has 0 aliphatic heterocycles. The zero-order valence-electron chi connectivity index (χ0n) is 12.4. The molecule has 7 nitrogen and oxygen atoms in total. The number of halogens is 3. The van der Waals surface area contributed by atoms with Crippen LogP contribution >= 0.6 is 11.3 Å². The minimum atomic E-state index is -4.78. The molecule has 1 aromatic carbocycles. The van der Waals surface area contributed by atoms with E-state index in [0.717, 1.165) is 17.4 Å². The molecule has 130 valence electrons. The molecule has 24 heavy (non-hydrogen) atoms. The average Bonchev–Trinajstić information content (AvgIpc) is 2.85. The summed E-state index contributed by atoms with van der Waals surface area (Å²) in [5, 5.41) is 7.70. The Morgan fingerprint density at radius 3 is 2.67 bits per heavy atom. The van der Waals surface area contributed by atoms with Gasteiger partial charge in [-0.2, -0.15) is 0 Å². The van der Waals surface area contributed by atoms with Crippen LogP contribution in [0.15, 0.2) is 18.2 Å². The van der Waals surface area contributed by atoms with Gasteiger partial charge in [-0.05, 0) is 19.2 Å². The van der Waals surface area contributed by atoms with E-state index < -0.39 is 12.3 Å². The lowest BCUT2D eigenvalue weighted by Gasteiger charge is -2.07. The van der Waals surface area contributed by atoms with E-state index in [4.69, 9.17) is 0 Å². The fourth-order valence-corrected chi connectivity index (χ4v) is 2.63. The van der Waals surface area contributed by atoms with Gasteiger partial charge in [-0.15, -0.1) is 13.2 Å². The summed E-state index contributed by atoms with van der Waals surface area (Å²) in [6.07, 6.45) is -4.78. The molecule has 0 bridgehead atoms. The number of thiazole rings is 1. The van der Waals surface area contributed by atoms with Crippen molar-refractivity contribution in [3.05, 3.63) is 18.2 Å². The predicted molar refractivity (Wildman–Crippen MR) is 81.9 cm³/mol. The first-order chi connectivity index (χ1) is 11.3. The maximum atomic E-state index is 12.2. The number of alkyl halides is 3. The van der Waals surface area contributed by atoms with E-state index in [1.54, 1.807) is 7.05 Å². The summed E-state index contributed by atoms with van der Waals surface area (Å²) in [6.45, 7) is -0.157. The van der Waals surface area contributed by atoms with Crippen molar-refractivity contribution < 1.29 is 27.5 Å². The molecule has 0 saturated heterocycles. The number of hydrogen-bond donors (Lipinski definition) is 3. The number of hydrogen-bond acceptors (Lipinski definition) is 6. The van der Waals surface area contributed by atoms with Gasteiger partial charge < -0.3 is 20.7 Å². The summed E-state index contributed by atoms with van der Waals surface area (Å²) >= 11 is 0.995. The molecule has 11 heteroatoms. The van der Waals surface area contributed by atoms with Gasteiger partial charge in [-0.3, -0.25) is 9.59 Å². The fraction of sp³-hybridized carbons (Fsp3) is 0.308. The molecule has 0 aliphatic carbocycles. The number of carbonyl (C=O) groups excluding carboxylic acids is 2. The molecule has 0 fully saturated rings. The summed E-state index contributed by atoms with van der Waals surface area (Å²) in [7, 11) is 1.59. The van der Waals surface area contributed by atoms with E-state index in [9.17, 15) is 22.8 Å². The number of rotatable bonds is 6. The van der Waals surface area contributed by atoms with Crippen LogP contribution < -0.4 is 20.7 Å². The molecular weight excluding hydrogens is 349 g/mol. The van der Waals surface area contributed by atoms with Gasteiger partial charge in [-0.25, -0.2) is 4.98 Å². The number of ether oxygens (including phenoxy) is 1. The quantitative estimate of drug-likeness (QED) is 0.724. The summed E-state index contributed by atoms with van der Waals surface area (Å²) in [5.41, 5.74) is 0.420. The molecule has 2 amide bonds. The number of fused-ring (bicyclic) bond motifs is 1. The highest BCUT2D eigenvalue weighted by Gasteiger charge is 2.31. The molecule has 2 rings (SSSR count). The van der Waals surface area contributed by atoms with Crippen LogP contribution in [0.5, 0.6) is 5.75 Å². The Morgan fingerprint density at radius 1 is 1.25 bits per heavy atom. The van der Waals surface area contributed by atoms with Crippen LogP contribution in [0.4, 0.5) is 18.3 Å². The maximum absolute atomic E-state index is 12.2. The van der Waals surface area contributed by atoms with Gasteiger partial charge in [-0.1, -0.05) is 11.3 Å². The molecule has 0 radical (unpaired) electrons. The number of amides is 2. The normalized spacial score (nSPS) is 11.3. The molecular formula is C13H13F3N4O3S. The van der Waals surface area contributed by atoms with Crippen molar-refractivity contribution in [3.8, 4) is 5.75 Å². The lowest BCUT2D eigenvalue weighted by molar-refractivity contribution is -0.274. The van der Waals surface area contributed by atoms with Crippen LogP contribution in [-0.2, 0) is 9.59 Å². The van der Waals surface area contributed by atoms with Crippen molar-refractivity contribution in [1.82, 2.24) is 15.6 Å². The molecule has 0 atom stereocenters. The molecule has 0 unspecified atom stereocenters. The molecule has 0 spiro atoms. The monoisotopic (exact) mass is 362 g/mol. The smallest absolute Gasteiger partial charge is 0.406 e. The van der Waals surface area contributed by atoms with Crippen LogP contribution in [0.2, 0.25) is 0 Å². The Morgan fingerprint density at radius 2 is 2.00 bits per heavy atom. The van der Waals surface area contributed by atoms with Gasteiger partial charge in [0.25, 0.3) is 0 Å². The summed E-state index contributed by atoms with van der Waals surface area (Å²) < 4.78 is 40.8. The maximum Gasteiger partial charge on any atom is 0.573 e. The number of benzene rings is 1. The zero-order valence-corrected chi connectivity index (χ0v) is 13.2. The SMILES string of the molecule is CNCC(=O)NCC(=O)Nc1nc2ccc(OC(F)(F)F)cc2s1. The number of carbonyl (C=O) groups is 2. The lowest BCUT2D eigenvalue weighted by atomic mass is 10.3. The third-order valence-electron chi connectivity index (χ3n) is 2.62. The van der Waals surface area contributed by atoms with Gasteiger partial charge in [0.2, 0.25) is 11.8 Å². The first kappa shape index (κ1) is 17.9. The van der Waals surface area contributed by atoms with Crippen molar-refractivity contribution in [2.45, 2.75) is 6.36 Å². The molecule has 1 heterocycles. The predicted octanol–water partition coefficient (Wildman–Crippen LogP) is 1.47. The van der Waals surface area contributed by atoms with E-state index in [1.165, 1.54) is 12.1 Å². The van der Waals surface area contributed by atoms with Crippen molar-refractivity contribution in [3.63, 3.8) is 0 Å². The number of nitrogens with one attached hydrogen (secondary N) is 3. The van der Waals surface area contributed by atoms with E-state index in [0.29, 0.717) is 10.2 Å². The third kappa shape index (κ3) is 5.35. The van der Waals surface area contributed by atoms with Crippen LogP contribution in [-0.4, -0.2) is 43.3 Å². The van der Waals surface area contributed by atoms with E-state index in [1.807, 2.05) is 0 Å². The number of nitrogens with zero attached hydrogens (tertiary/aromatic N) is 1. The van der Waals surface area contributed by atoms with E-state index in [-0.39, 0.29) is 29.9 Å². The highest BCUT2D eigenvalue weighted by Crippen LogP contribution is 2.31. The Labute approximate surface area is 138 Å². The van der Waals surface area contributed by atoms with Gasteiger partial charge in [0, 0.05) is 6.07 Å². The lowest BCUT2D eigenvalue weighted by Crippen LogP contribution is -2.37. The minimum Gasteiger partial charge on any atom is -0.406 e. The minimum absolute atomic E-state index is 0.0798. The van der Waals surface area contributed by atoms with Crippen molar-refractivity contribution in [2.24, 2.45) is 0 Å². The van der Waals surface area contributed by atoms with Gasteiger partial charge in [0.15, 0.2) is 5.13 Å². The van der Waals surface area contributed by atoms with Crippen molar-refractivity contribution in [2.75, 3.05) is 25.5 Å². The summed E-state index contributed by atoms with van der Waals surface area (Å²) in [6, 6.07) is 3.68. The van der Waals surface area contributed by atoms with Crippen LogP contribution in [0.3, 0.4) is 0 Å². The van der Waals surface area contributed by atoms with Crippen LogP contribution in [0, 0.1) is 0 Å². The van der Waals surface area contributed by atoms with E-state index >= 15 is 0 Å². The van der Waals surface area contributed by atoms with Gasteiger partial charge in [0.1, 0.15) is 5.75 Å². The van der Waals surface area contributed by atoms with Gasteiger partial charge in [0.05, 0.1) is 23.3 Å². The Balaban J connectivity index is 2.00. The van der Waals surface area contributed by atoms with Crippen molar-refractivity contribution in [1.29, 1.82) is 0 Å². The third-order valence-corrected chi connectivity index (χ3v) is 3.56. The standard InChI is InChI=1S/C13H13F3N4O3S/c1-17-5-10(21)18-6-11(22)20-12-19-8-3-2-7(4-9(8)24-12)23-13(14,15)16/h2-4,17H,5-6H2,1H3,(H,18,21)(H,19,20,22). The van der Waals surface area contributed by atoms with Crippen LogP contribution in [0.25, 0.3) is 10.2 Å². The second kappa shape index (κ2) is 7.45. The first-order valence-electron chi connectivity index (χ1n) is 6.64. The molecule has 3 N–H and O–H groups in total. The molecule has 2 aromatic rings. The number of anilines is 1. The topological polar surface area (TPSA) is 92.4 Å². The summed E-state index contributed by atoms with van der Waals surface area (Å²) in [5.74, 6) is -1.20. The van der Waals surface area contributed by atoms with Crippen molar-refractivity contribution >= 4 is 38.5 Å². The number of aromatic nitrogens is 1. The second-order valence-corrected chi connectivity index (χ2v) is 5.58. The first-order valence-corrected chi connectivity index (χ1v) is 7.46. The highest BCUT2D eigenvalue weighted by atomic mass is 32.1. The van der Waals surface area contributed by atoms with E-state index in [2.05, 4.69) is 25.7 Å². The molecule has 0 aliphatic rings. The highest BCUT2D eigenvalue weighted by molar-refractivity contribution is 7.22.